The van der Waals surface area contributed by atoms with E-state index in [4.69, 9.17) is 15.2 Å². The van der Waals surface area contributed by atoms with Gasteiger partial charge in [-0.25, -0.2) is 4.79 Å². The molecule has 0 fully saturated rings. The summed E-state index contributed by atoms with van der Waals surface area (Å²) in [6.45, 7) is 5.53. The van der Waals surface area contributed by atoms with Crippen LogP contribution in [0.15, 0.2) is 24.3 Å². The first kappa shape index (κ1) is 15.4. The zero-order chi connectivity index (χ0) is 15.6. The first-order chi connectivity index (χ1) is 9.93. The van der Waals surface area contributed by atoms with Crippen LogP contribution in [-0.4, -0.2) is 19.2 Å². The van der Waals surface area contributed by atoms with Gasteiger partial charge in [0.15, 0.2) is 0 Å². The molecule has 0 bridgehead atoms. The topological polar surface area (TPSA) is 61.5 Å². The van der Waals surface area contributed by atoms with Crippen molar-refractivity contribution in [2.75, 3.05) is 12.8 Å². The van der Waals surface area contributed by atoms with Gasteiger partial charge in [-0.05, 0) is 56.2 Å². The molecule has 21 heavy (non-hydrogen) atoms. The highest BCUT2D eigenvalue weighted by Gasteiger charge is 2.22. The summed E-state index contributed by atoms with van der Waals surface area (Å²) in [5, 5.41) is 0.490. The first-order valence-corrected chi connectivity index (χ1v) is 7.50. The second kappa shape index (κ2) is 6.18. The number of nitrogens with two attached hydrogens (primary N) is 1. The standard InChI is InChI=1S/C16H19NO3S/c1-9(2)20-16(18)13-10(3)14(21-15(13)17)11-5-7-12(19-4)8-6-11/h5-9H,17H2,1-4H3. The van der Waals surface area contributed by atoms with E-state index in [9.17, 15) is 4.79 Å². The number of carbonyl (C=O) groups excluding carboxylic acids is 1. The highest BCUT2D eigenvalue weighted by molar-refractivity contribution is 7.19. The Kier molecular flexibility index (Phi) is 4.53. The molecule has 0 saturated heterocycles. The molecule has 2 N–H and O–H groups in total. The van der Waals surface area contributed by atoms with Crippen LogP contribution in [0.2, 0.25) is 0 Å². The highest BCUT2D eigenvalue weighted by atomic mass is 32.1. The zero-order valence-electron chi connectivity index (χ0n) is 12.6. The summed E-state index contributed by atoms with van der Waals surface area (Å²) in [5.74, 6) is 0.427. The van der Waals surface area contributed by atoms with Crippen molar-refractivity contribution in [1.29, 1.82) is 0 Å². The first-order valence-electron chi connectivity index (χ1n) is 6.68. The van der Waals surface area contributed by atoms with Gasteiger partial charge in [0.25, 0.3) is 0 Å². The predicted octanol–water partition coefficient (Wildman–Crippen LogP) is 3.88. The van der Waals surface area contributed by atoms with Crippen LogP contribution < -0.4 is 10.5 Å². The van der Waals surface area contributed by atoms with Gasteiger partial charge in [-0.15, -0.1) is 11.3 Å². The van der Waals surface area contributed by atoms with E-state index < -0.39 is 0 Å². The van der Waals surface area contributed by atoms with Crippen molar-refractivity contribution < 1.29 is 14.3 Å². The van der Waals surface area contributed by atoms with Gasteiger partial charge in [-0.1, -0.05) is 0 Å². The molecule has 0 amide bonds. The minimum absolute atomic E-state index is 0.166. The van der Waals surface area contributed by atoms with Crippen LogP contribution >= 0.6 is 11.3 Å². The van der Waals surface area contributed by atoms with Crippen molar-refractivity contribution >= 4 is 22.3 Å². The van der Waals surface area contributed by atoms with E-state index in [-0.39, 0.29) is 12.1 Å². The number of benzene rings is 1. The van der Waals surface area contributed by atoms with Crippen LogP contribution in [0.5, 0.6) is 5.75 Å². The van der Waals surface area contributed by atoms with Gasteiger partial charge in [0, 0.05) is 4.88 Å². The Morgan fingerprint density at radius 1 is 1.24 bits per heavy atom. The number of nitrogen functional groups attached to an aromatic ring is 1. The molecule has 1 heterocycles. The molecule has 2 aromatic rings. The maximum Gasteiger partial charge on any atom is 0.341 e. The van der Waals surface area contributed by atoms with Gasteiger partial charge < -0.3 is 15.2 Å². The molecule has 5 heteroatoms. The Bertz CT molecular complexity index is 644. The smallest absolute Gasteiger partial charge is 0.341 e. The minimum Gasteiger partial charge on any atom is -0.497 e. The molecule has 4 nitrogen and oxygen atoms in total. The summed E-state index contributed by atoms with van der Waals surface area (Å²) >= 11 is 1.40. The predicted molar refractivity (Wildman–Crippen MR) is 86.0 cm³/mol. The molecule has 0 radical (unpaired) electrons. The molecule has 1 aromatic carbocycles. The molecule has 0 unspecified atom stereocenters. The number of hydrogen-bond donors (Lipinski definition) is 1. The molecule has 112 valence electrons. The van der Waals surface area contributed by atoms with E-state index in [1.807, 2.05) is 45.0 Å². The fourth-order valence-electron chi connectivity index (χ4n) is 2.08. The monoisotopic (exact) mass is 305 g/mol. The zero-order valence-corrected chi connectivity index (χ0v) is 13.4. The van der Waals surface area contributed by atoms with Crippen molar-refractivity contribution in [3.8, 4) is 16.2 Å². The van der Waals surface area contributed by atoms with Gasteiger partial charge in [0.1, 0.15) is 10.8 Å². The van der Waals surface area contributed by atoms with Crippen molar-refractivity contribution in [3.63, 3.8) is 0 Å². The third-order valence-electron chi connectivity index (χ3n) is 3.07. The Hall–Kier alpha value is -2.01. The van der Waals surface area contributed by atoms with E-state index in [1.54, 1.807) is 7.11 Å². The van der Waals surface area contributed by atoms with Crippen LogP contribution in [0.3, 0.4) is 0 Å². The summed E-state index contributed by atoms with van der Waals surface area (Å²) in [4.78, 5) is 13.1. The average Bonchev–Trinajstić information content (AvgIpc) is 2.73. The van der Waals surface area contributed by atoms with Gasteiger partial charge in [-0.2, -0.15) is 0 Å². The second-order valence-corrected chi connectivity index (χ2v) is 6.03. The number of methoxy groups -OCH3 is 1. The van der Waals surface area contributed by atoms with Gasteiger partial charge in [0.05, 0.1) is 18.8 Å². The number of ether oxygens (including phenoxy) is 2. The molecular formula is C16H19NO3S. The molecule has 0 atom stereocenters. The van der Waals surface area contributed by atoms with Crippen LogP contribution in [0.1, 0.15) is 29.8 Å². The SMILES string of the molecule is COc1ccc(-c2sc(N)c(C(=O)OC(C)C)c2C)cc1. The summed E-state index contributed by atoms with van der Waals surface area (Å²) < 4.78 is 10.4. The fraction of sp³-hybridized carbons (Fsp3) is 0.312. The lowest BCUT2D eigenvalue weighted by Gasteiger charge is -2.08. The fourth-order valence-corrected chi connectivity index (χ4v) is 3.15. The Morgan fingerprint density at radius 2 is 1.86 bits per heavy atom. The van der Waals surface area contributed by atoms with Crippen LogP contribution in [0.25, 0.3) is 10.4 Å². The van der Waals surface area contributed by atoms with E-state index >= 15 is 0 Å². The number of rotatable bonds is 4. The molecule has 0 aliphatic rings. The minimum atomic E-state index is -0.365. The maximum absolute atomic E-state index is 12.1. The van der Waals surface area contributed by atoms with Crippen molar-refractivity contribution in [1.82, 2.24) is 0 Å². The molecule has 1 aromatic heterocycles. The Labute approximate surface area is 128 Å². The van der Waals surface area contributed by atoms with Crippen LogP contribution in [0.4, 0.5) is 5.00 Å². The number of thiophene rings is 1. The highest BCUT2D eigenvalue weighted by Crippen LogP contribution is 2.39. The second-order valence-electron chi connectivity index (χ2n) is 4.98. The third kappa shape index (κ3) is 3.19. The summed E-state index contributed by atoms with van der Waals surface area (Å²) in [6.07, 6.45) is -0.166. The lowest BCUT2D eigenvalue weighted by Crippen LogP contribution is -2.13. The summed E-state index contributed by atoms with van der Waals surface area (Å²) in [7, 11) is 1.63. The Morgan fingerprint density at radius 3 is 2.38 bits per heavy atom. The van der Waals surface area contributed by atoms with Crippen molar-refractivity contribution in [3.05, 3.63) is 35.4 Å². The van der Waals surface area contributed by atoms with Crippen LogP contribution in [-0.2, 0) is 4.74 Å². The Balaban J connectivity index is 2.40. The molecule has 0 aliphatic heterocycles. The van der Waals surface area contributed by atoms with Gasteiger partial charge in [-0.3, -0.25) is 0 Å². The quantitative estimate of drug-likeness (QED) is 0.871. The van der Waals surface area contributed by atoms with Gasteiger partial charge in [0.2, 0.25) is 0 Å². The lowest BCUT2D eigenvalue weighted by atomic mass is 10.1. The van der Waals surface area contributed by atoms with E-state index in [0.29, 0.717) is 10.6 Å². The molecule has 2 rings (SSSR count). The number of carbonyl (C=O) groups is 1. The average molecular weight is 305 g/mol. The van der Waals surface area contributed by atoms with Crippen molar-refractivity contribution in [2.24, 2.45) is 0 Å². The van der Waals surface area contributed by atoms with E-state index in [1.165, 1.54) is 11.3 Å². The number of hydrogen-bond acceptors (Lipinski definition) is 5. The van der Waals surface area contributed by atoms with Gasteiger partial charge >= 0.3 is 5.97 Å². The summed E-state index contributed by atoms with van der Waals surface area (Å²) in [5.41, 5.74) is 8.34. The lowest BCUT2D eigenvalue weighted by molar-refractivity contribution is 0.0379. The maximum atomic E-state index is 12.1. The third-order valence-corrected chi connectivity index (χ3v) is 4.24. The van der Waals surface area contributed by atoms with Crippen LogP contribution in [0, 0.1) is 6.92 Å². The van der Waals surface area contributed by atoms with Crippen molar-refractivity contribution in [2.45, 2.75) is 26.9 Å². The number of esters is 1. The normalized spacial score (nSPS) is 10.7. The van der Waals surface area contributed by atoms with E-state index in [0.717, 1.165) is 21.8 Å². The molecular weight excluding hydrogens is 286 g/mol. The number of anilines is 1. The summed E-state index contributed by atoms with van der Waals surface area (Å²) in [6, 6.07) is 7.68. The van der Waals surface area contributed by atoms with E-state index in [2.05, 4.69) is 0 Å². The largest absolute Gasteiger partial charge is 0.497 e. The molecule has 0 aliphatic carbocycles. The molecule has 0 spiro atoms. The molecule has 0 saturated carbocycles.